The highest BCUT2D eigenvalue weighted by atomic mass is 19.1. The van der Waals surface area contributed by atoms with Crippen LogP contribution in [0.1, 0.15) is 36.8 Å². The summed E-state index contributed by atoms with van der Waals surface area (Å²) >= 11 is 0. The first-order valence-electron chi connectivity index (χ1n) is 7.20. The number of hydrogen-bond acceptors (Lipinski definition) is 3. The number of amides is 1. The summed E-state index contributed by atoms with van der Waals surface area (Å²) in [4.78, 5) is 16.1. The van der Waals surface area contributed by atoms with E-state index in [1.54, 1.807) is 16.6 Å². The number of anilines is 2. The number of nitrogens with zero attached hydrogens (tertiary/aromatic N) is 2. The fourth-order valence-electron chi connectivity index (χ4n) is 2.41. The molecule has 0 spiro atoms. The minimum atomic E-state index is -0.546. The Balaban J connectivity index is 2.16. The maximum atomic E-state index is 13.1. The van der Waals surface area contributed by atoms with Crippen molar-refractivity contribution in [2.24, 2.45) is 5.73 Å². The molecule has 0 fully saturated rings. The molecule has 7 heteroatoms. The smallest absolute Gasteiger partial charge is 0.254 e. The molecular formula is C16H18FN5O. The van der Waals surface area contributed by atoms with Crippen molar-refractivity contribution in [2.75, 3.05) is 5.32 Å². The molecule has 0 aliphatic heterocycles. The van der Waals surface area contributed by atoms with Gasteiger partial charge in [-0.3, -0.25) is 9.89 Å². The van der Waals surface area contributed by atoms with Gasteiger partial charge < -0.3 is 11.1 Å². The first-order valence-corrected chi connectivity index (χ1v) is 7.20. The molecule has 0 aliphatic carbocycles. The summed E-state index contributed by atoms with van der Waals surface area (Å²) in [6.45, 7) is 6.07. The van der Waals surface area contributed by atoms with Crippen molar-refractivity contribution in [1.29, 1.82) is 0 Å². The van der Waals surface area contributed by atoms with Crippen molar-refractivity contribution >= 4 is 23.1 Å². The number of primary amides is 1. The predicted octanol–water partition coefficient (Wildman–Crippen LogP) is 2.94. The molecule has 2 aromatic heterocycles. The fourth-order valence-corrected chi connectivity index (χ4v) is 2.41. The van der Waals surface area contributed by atoms with Gasteiger partial charge in [-0.2, -0.15) is 0 Å². The number of benzene rings is 1. The van der Waals surface area contributed by atoms with Gasteiger partial charge in [0.05, 0.1) is 5.69 Å². The van der Waals surface area contributed by atoms with Crippen LogP contribution in [0.3, 0.4) is 0 Å². The number of aromatic amines is 1. The second-order valence-electron chi connectivity index (χ2n) is 6.40. The van der Waals surface area contributed by atoms with Gasteiger partial charge in [-0.15, -0.1) is 0 Å². The summed E-state index contributed by atoms with van der Waals surface area (Å²) in [5.74, 6) is -0.164. The van der Waals surface area contributed by atoms with Crippen molar-refractivity contribution in [3.8, 4) is 0 Å². The Hall–Kier alpha value is -2.83. The standard InChI is InChI=1S/C16H18FN5O/c1-16(2,3)12-15(20-10-6-4-9(17)5-7-10)22-14(21-12)11(8-19-22)13(18)23/h4-8,19-20H,1-3H3,(H2,18,23). The summed E-state index contributed by atoms with van der Waals surface area (Å²) in [6.07, 6.45) is 1.52. The molecule has 1 aromatic carbocycles. The molecule has 3 rings (SSSR count). The number of nitrogens with one attached hydrogen (secondary N) is 2. The first-order chi connectivity index (χ1) is 10.8. The van der Waals surface area contributed by atoms with Crippen LogP contribution in [-0.4, -0.2) is 20.5 Å². The molecule has 0 saturated carbocycles. The van der Waals surface area contributed by atoms with Gasteiger partial charge in [0.15, 0.2) is 11.5 Å². The lowest BCUT2D eigenvalue weighted by molar-refractivity contribution is 0.100. The van der Waals surface area contributed by atoms with Crippen molar-refractivity contribution in [3.63, 3.8) is 0 Å². The summed E-state index contributed by atoms with van der Waals surface area (Å²) in [6, 6.07) is 6.03. The maximum absolute atomic E-state index is 13.1. The monoisotopic (exact) mass is 315 g/mol. The molecule has 1 amide bonds. The first kappa shape index (κ1) is 15.1. The number of H-pyrrole nitrogens is 1. The quantitative estimate of drug-likeness (QED) is 0.694. The largest absolute Gasteiger partial charge is 0.365 e. The number of nitrogens with two attached hydrogens (primary N) is 1. The lowest BCUT2D eigenvalue weighted by atomic mass is 9.92. The average molecular weight is 315 g/mol. The third-order valence-electron chi connectivity index (χ3n) is 3.54. The molecule has 0 unspecified atom stereocenters. The van der Waals surface area contributed by atoms with Crippen LogP contribution in [0.15, 0.2) is 30.5 Å². The Morgan fingerprint density at radius 2 is 1.96 bits per heavy atom. The van der Waals surface area contributed by atoms with Crippen molar-refractivity contribution in [1.82, 2.24) is 14.6 Å². The minimum absolute atomic E-state index is 0.260. The maximum Gasteiger partial charge on any atom is 0.254 e. The van der Waals surface area contributed by atoms with Gasteiger partial charge in [-0.05, 0) is 24.3 Å². The van der Waals surface area contributed by atoms with Crippen molar-refractivity contribution in [3.05, 3.63) is 47.5 Å². The van der Waals surface area contributed by atoms with Gasteiger partial charge >= 0.3 is 0 Å². The van der Waals surface area contributed by atoms with E-state index in [4.69, 9.17) is 5.73 Å². The Labute approximate surface area is 132 Å². The van der Waals surface area contributed by atoms with Crippen molar-refractivity contribution < 1.29 is 9.18 Å². The molecule has 120 valence electrons. The molecular weight excluding hydrogens is 297 g/mol. The lowest BCUT2D eigenvalue weighted by Gasteiger charge is -2.18. The zero-order valence-corrected chi connectivity index (χ0v) is 13.1. The third-order valence-corrected chi connectivity index (χ3v) is 3.54. The van der Waals surface area contributed by atoms with E-state index >= 15 is 0 Å². The zero-order chi connectivity index (χ0) is 16.8. The third kappa shape index (κ3) is 2.65. The molecule has 2 heterocycles. The Bertz CT molecular complexity index is 870. The summed E-state index contributed by atoms with van der Waals surface area (Å²) in [5.41, 5.74) is 7.41. The number of halogens is 1. The predicted molar refractivity (Wildman–Crippen MR) is 86.4 cm³/mol. The van der Waals surface area contributed by atoms with E-state index in [1.807, 2.05) is 20.8 Å². The molecule has 4 N–H and O–H groups in total. The second kappa shape index (κ2) is 5.12. The number of carbonyl (C=O) groups excluding carboxylic acids is 1. The SMILES string of the molecule is CC(C)(C)c1nc2c(C(N)=O)c[nH]n2c1Nc1ccc(F)cc1. The average Bonchev–Trinajstić information content (AvgIpc) is 3.00. The summed E-state index contributed by atoms with van der Waals surface area (Å²) in [5, 5.41) is 6.21. The Morgan fingerprint density at radius 3 is 2.52 bits per heavy atom. The van der Waals surface area contributed by atoms with Gasteiger partial charge in [0.1, 0.15) is 11.4 Å². The minimum Gasteiger partial charge on any atom is -0.365 e. The zero-order valence-electron chi connectivity index (χ0n) is 13.1. The van der Waals surface area contributed by atoms with Crippen LogP contribution in [0.2, 0.25) is 0 Å². The summed E-state index contributed by atoms with van der Waals surface area (Å²) < 4.78 is 14.7. The number of rotatable bonds is 3. The summed E-state index contributed by atoms with van der Waals surface area (Å²) in [7, 11) is 0. The van der Waals surface area contributed by atoms with E-state index in [1.165, 1.54) is 18.3 Å². The van der Waals surface area contributed by atoms with E-state index in [0.29, 0.717) is 22.7 Å². The van der Waals surface area contributed by atoms with Crippen LogP contribution >= 0.6 is 0 Å². The van der Waals surface area contributed by atoms with Crippen LogP contribution in [0.25, 0.3) is 5.65 Å². The number of carbonyl (C=O) groups is 1. The van der Waals surface area contributed by atoms with E-state index in [-0.39, 0.29) is 11.2 Å². The molecule has 0 atom stereocenters. The second-order valence-corrected chi connectivity index (χ2v) is 6.40. The van der Waals surface area contributed by atoms with Gasteiger partial charge in [0.2, 0.25) is 0 Å². The van der Waals surface area contributed by atoms with Crippen LogP contribution in [0, 0.1) is 5.82 Å². The molecule has 0 aliphatic rings. The van der Waals surface area contributed by atoms with Crippen molar-refractivity contribution in [2.45, 2.75) is 26.2 Å². The molecule has 6 nitrogen and oxygen atoms in total. The van der Waals surface area contributed by atoms with Crippen LogP contribution in [-0.2, 0) is 5.41 Å². The van der Waals surface area contributed by atoms with Crippen LogP contribution in [0.5, 0.6) is 0 Å². The van der Waals surface area contributed by atoms with Gasteiger partial charge in [-0.1, -0.05) is 20.8 Å². The number of aromatic nitrogens is 3. The Morgan fingerprint density at radius 1 is 1.30 bits per heavy atom. The van der Waals surface area contributed by atoms with Crippen LogP contribution < -0.4 is 11.1 Å². The van der Waals surface area contributed by atoms with E-state index in [0.717, 1.165) is 5.69 Å². The molecule has 0 radical (unpaired) electrons. The topological polar surface area (TPSA) is 88.2 Å². The number of hydrogen-bond donors (Lipinski definition) is 3. The molecule has 0 saturated heterocycles. The van der Waals surface area contributed by atoms with Gasteiger partial charge in [0, 0.05) is 17.3 Å². The molecule has 23 heavy (non-hydrogen) atoms. The number of fused-ring (bicyclic) bond motifs is 1. The Kier molecular flexibility index (Phi) is 3.35. The highest BCUT2D eigenvalue weighted by molar-refractivity contribution is 5.99. The van der Waals surface area contributed by atoms with Gasteiger partial charge in [0.25, 0.3) is 5.91 Å². The van der Waals surface area contributed by atoms with E-state index in [9.17, 15) is 9.18 Å². The normalized spacial score (nSPS) is 11.8. The van der Waals surface area contributed by atoms with E-state index in [2.05, 4.69) is 15.4 Å². The molecule has 3 aromatic rings. The fraction of sp³-hybridized carbons (Fsp3) is 0.250. The highest BCUT2D eigenvalue weighted by Gasteiger charge is 2.27. The van der Waals surface area contributed by atoms with E-state index < -0.39 is 5.91 Å². The lowest BCUT2D eigenvalue weighted by Crippen LogP contribution is -2.15. The number of imidazole rings is 1. The van der Waals surface area contributed by atoms with Gasteiger partial charge in [-0.25, -0.2) is 13.9 Å². The van der Waals surface area contributed by atoms with Crippen LogP contribution in [0.4, 0.5) is 15.9 Å². The highest BCUT2D eigenvalue weighted by Crippen LogP contribution is 2.32. The molecule has 0 bridgehead atoms.